The van der Waals surface area contributed by atoms with Crippen LogP contribution in [-0.4, -0.2) is 38.3 Å². The Hall–Kier alpha value is -2.76. The van der Waals surface area contributed by atoms with Gasteiger partial charge in [-0.15, -0.1) is 0 Å². The van der Waals surface area contributed by atoms with Crippen molar-refractivity contribution in [2.75, 3.05) is 11.9 Å². The van der Waals surface area contributed by atoms with Crippen LogP contribution in [0, 0.1) is 0 Å². The second kappa shape index (κ2) is 7.01. The molecule has 130 valence electrons. The van der Waals surface area contributed by atoms with Crippen LogP contribution in [0.5, 0.6) is 0 Å². The van der Waals surface area contributed by atoms with E-state index in [2.05, 4.69) is 15.4 Å². The van der Waals surface area contributed by atoms with Crippen molar-refractivity contribution in [1.82, 2.24) is 19.7 Å². The maximum absolute atomic E-state index is 12.8. The molecular weight excluding hydrogens is 314 g/mol. The van der Waals surface area contributed by atoms with Gasteiger partial charge in [0.1, 0.15) is 0 Å². The second-order valence-electron chi connectivity index (χ2n) is 6.61. The van der Waals surface area contributed by atoms with E-state index in [9.17, 15) is 4.79 Å². The molecule has 2 N–H and O–H groups in total. The number of aryl methyl sites for hydroxylation is 1. The molecule has 1 aromatic carbocycles. The lowest BCUT2D eigenvalue weighted by molar-refractivity contribution is 0.154. The summed E-state index contributed by atoms with van der Waals surface area (Å²) in [6.07, 6.45) is 9.93. The van der Waals surface area contributed by atoms with E-state index in [0.29, 0.717) is 0 Å². The number of carbonyl (C=O) groups is 1. The third kappa shape index (κ3) is 3.52. The van der Waals surface area contributed by atoms with Crippen LogP contribution in [0.2, 0.25) is 0 Å². The molecule has 4 rings (SSSR count). The van der Waals surface area contributed by atoms with E-state index in [4.69, 9.17) is 0 Å². The second-order valence-corrected chi connectivity index (χ2v) is 6.61. The molecule has 1 aliphatic heterocycles. The van der Waals surface area contributed by atoms with E-state index in [0.717, 1.165) is 48.9 Å². The monoisotopic (exact) mass is 337 g/mol. The summed E-state index contributed by atoms with van der Waals surface area (Å²) < 4.78 is 1.94. The Kier molecular flexibility index (Phi) is 4.41. The van der Waals surface area contributed by atoms with Gasteiger partial charge in [-0.2, -0.15) is 5.10 Å². The molecule has 6 nitrogen and oxygen atoms in total. The van der Waals surface area contributed by atoms with Crippen LogP contribution in [0.1, 0.15) is 25.7 Å². The molecule has 2 amide bonds. The summed E-state index contributed by atoms with van der Waals surface area (Å²) in [5.41, 5.74) is 1.92. The zero-order chi connectivity index (χ0) is 17.1. The fraction of sp³-hybridized carbons (Fsp3) is 0.368. The minimum atomic E-state index is 0.0000472. The first-order valence-electron chi connectivity index (χ1n) is 8.92. The topological polar surface area (TPSA) is 66.0 Å². The SMILES string of the molecule is O=C(Nc1ccc2[nH]ccc2c1)N1CCCC[C@H]1CCn1cccn1. The third-order valence-corrected chi connectivity index (χ3v) is 4.94. The Morgan fingerprint density at radius 1 is 1.32 bits per heavy atom. The first-order chi connectivity index (χ1) is 12.3. The lowest BCUT2D eigenvalue weighted by Gasteiger charge is -2.35. The lowest BCUT2D eigenvalue weighted by atomic mass is 10.00. The Balaban J connectivity index is 1.42. The standard InChI is InChI=1S/C19H23N5O/c25-19(22-16-5-6-18-15(14-16)7-10-20-18)24-12-2-1-4-17(24)8-13-23-11-3-9-21-23/h3,5-7,9-11,14,17,20H,1-2,4,8,12-13H2,(H,22,25)/t17-/m0/s1. The van der Waals surface area contributed by atoms with Crippen LogP contribution in [0.25, 0.3) is 10.9 Å². The molecule has 25 heavy (non-hydrogen) atoms. The van der Waals surface area contributed by atoms with Crippen LogP contribution in [-0.2, 0) is 6.54 Å². The Morgan fingerprint density at radius 3 is 3.16 bits per heavy atom. The summed E-state index contributed by atoms with van der Waals surface area (Å²) in [5, 5.41) is 8.43. The molecule has 2 aromatic heterocycles. The number of piperidine rings is 1. The molecule has 0 spiro atoms. The van der Waals surface area contributed by atoms with Gasteiger partial charge in [-0.25, -0.2) is 4.79 Å². The number of fused-ring (bicyclic) bond motifs is 1. The summed E-state index contributed by atoms with van der Waals surface area (Å²) in [4.78, 5) is 18.0. The van der Waals surface area contributed by atoms with E-state index >= 15 is 0 Å². The Morgan fingerprint density at radius 2 is 2.28 bits per heavy atom. The van der Waals surface area contributed by atoms with Crippen molar-refractivity contribution in [2.45, 2.75) is 38.3 Å². The van der Waals surface area contributed by atoms with Crippen molar-refractivity contribution in [3.63, 3.8) is 0 Å². The largest absolute Gasteiger partial charge is 0.361 e. The summed E-state index contributed by atoms with van der Waals surface area (Å²) in [5.74, 6) is 0. The highest BCUT2D eigenvalue weighted by Gasteiger charge is 2.26. The summed E-state index contributed by atoms with van der Waals surface area (Å²) in [7, 11) is 0. The fourth-order valence-electron chi connectivity index (χ4n) is 3.61. The minimum Gasteiger partial charge on any atom is -0.361 e. The van der Waals surface area contributed by atoms with E-state index in [1.165, 1.54) is 6.42 Å². The van der Waals surface area contributed by atoms with Crippen LogP contribution in [0.15, 0.2) is 48.9 Å². The highest BCUT2D eigenvalue weighted by molar-refractivity contribution is 5.93. The average Bonchev–Trinajstić information content (AvgIpc) is 3.31. The molecular formula is C19H23N5O. The van der Waals surface area contributed by atoms with Gasteiger partial charge in [0.25, 0.3) is 0 Å². The molecule has 3 heterocycles. The van der Waals surface area contributed by atoms with Gasteiger partial charge in [-0.05, 0) is 56.0 Å². The first-order valence-corrected chi connectivity index (χ1v) is 8.92. The molecule has 0 bridgehead atoms. The molecule has 0 aliphatic carbocycles. The number of carbonyl (C=O) groups excluding carboxylic acids is 1. The molecule has 1 aliphatic rings. The van der Waals surface area contributed by atoms with Gasteiger partial charge in [0, 0.05) is 54.3 Å². The number of hydrogen-bond donors (Lipinski definition) is 2. The van der Waals surface area contributed by atoms with Gasteiger partial charge in [0.15, 0.2) is 0 Å². The van der Waals surface area contributed by atoms with Crippen molar-refractivity contribution in [3.05, 3.63) is 48.9 Å². The smallest absolute Gasteiger partial charge is 0.322 e. The van der Waals surface area contributed by atoms with Gasteiger partial charge >= 0.3 is 6.03 Å². The Labute approximate surface area is 146 Å². The minimum absolute atomic E-state index is 0.0000472. The molecule has 6 heteroatoms. The van der Waals surface area contributed by atoms with Crippen molar-refractivity contribution in [2.24, 2.45) is 0 Å². The van der Waals surface area contributed by atoms with Crippen molar-refractivity contribution < 1.29 is 4.79 Å². The molecule has 0 radical (unpaired) electrons. The number of rotatable bonds is 4. The molecule has 1 atom stereocenters. The van der Waals surface area contributed by atoms with Crippen LogP contribution in [0.3, 0.4) is 0 Å². The maximum atomic E-state index is 12.8. The lowest BCUT2D eigenvalue weighted by Crippen LogP contribution is -2.46. The van der Waals surface area contributed by atoms with Gasteiger partial charge in [-0.3, -0.25) is 4.68 Å². The van der Waals surface area contributed by atoms with Crippen LogP contribution < -0.4 is 5.32 Å². The molecule has 0 unspecified atom stereocenters. The van der Waals surface area contributed by atoms with Gasteiger partial charge in [0.05, 0.1) is 0 Å². The zero-order valence-corrected chi connectivity index (χ0v) is 14.2. The highest BCUT2D eigenvalue weighted by Crippen LogP contribution is 2.23. The number of hydrogen-bond acceptors (Lipinski definition) is 2. The number of urea groups is 1. The number of likely N-dealkylation sites (tertiary alicyclic amines) is 1. The molecule has 1 fully saturated rings. The van der Waals surface area contributed by atoms with Crippen LogP contribution in [0.4, 0.5) is 10.5 Å². The summed E-state index contributed by atoms with van der Waals surface area (Å²) in [6.45, 7) is 1.67. The molecule has 1 saturated heterocycles. The first kappa shape index (κ1) is 15.7. The fourth-order valence-corrected chi connectivity index (χ4v) is 3.61. The number of H-pyrrole nitrogens is 1. The van der Waals surface area contributed by atoms with E-state index in [1.54, 1.807) is 6.20 Å². The van der Waals surface area contributed by atoms with Crippen LogP contribution >= 0.6 is 0 Å². The maximum Gasteiger partial charge on any atom is 0.322 e. The number of nitrogens with zero attached hydrogens (tertiary/aromatic N) is 3. The summed E-state index contributed by atoms with van der Waals surface area (Å²) in [6, 6.07) is 10.2. The van der Waals surface area contributed by atoms with E-state index < -0.39 is 0 Å². The van der Waals surface area contributed by atoms with E-state index in [1.807, 2.05) is 52.3 Å². The molecule has 0 saturated carbocycles. The average molecular weight is 337 g/mol. The number of benzene rings is 1. The third-order valence-electron chi connectivity index (χ3n) is 4.94. The zero-order valence-electron chi connectivity index (χ0n) is 14.2. The van der Waals surface area contributed by atoms with Crippen molar-refractivity contribution in [1.29, 1.82) is 0 Å². The van der Waals surface area contributed by atoms with Gasteiger partial charge < -0.3 is 15.2 Å². The molecule has 3 aromatic rings. The normalized spacial score (nSPS) is 17.8. The van der Waals surface area contributed by atoms with E-state index in [-0.39, 0.29) is 12.1 Å². The highest BCUT2D eigenvalue weighted by atomic mass is 16.2. The number of anilines is 1. The predicted molar refractivity (Wildman–Crippen MR) is 98.5 cm³/mol. The van der Waals surface area contributed by atoms with Crippen molar-refractivity contribution in [3.8, 4) is 0 Å². The van der Waals surface area contributed by atoms with Crippen molar-refractivity contribution >= 4 is 22.6 Å². The number of nitrogens with one attached hydrogen (secondary N) is 2. The van der Waals surface area contributed by atoms with Gasteiger partial charge in [0.2, 0.25) is 0 Å². The quantitative estimate of drug-likeness (QED) is 0.759. The Bertz CT molecular complexity index is 839. The van der Waals surface area contributed by atoms with Gasteiger partial charge in [-0.1, -0.05) is 0 Å². The number of aromatic amines is 1. The predicted octanol–water partition coefficient (Wildman–Crippen LogP) is 3.84. The summed E-state index contributed by atoms with van der Waals surface area (Å²) >= 11 is 0. The number of amides is 2. The number of aromatic nitrogens is 3.